The van der Waals surface area contributed by atoms with Crippen molar-refractivity contribution >= 4 is 17.7 Å². The molecular formula is C25H20F3N5OS. The Balaban J connectivity index is 1.42. The lowest BCUT2D eigenvalue weighted by atomic mass is 10.1. The van der Waals surface area contributed by atoms with Crippen molar-refractivity contribution < 1.29 is 18.0 Å². The van der Waals surface area contributed by atoms with Crippen LogP contribution in [-0.2, 0) is 11.9 Å². The van der Waals surface area contributed by atoms with Crippen LogP contribution in [0.1, 0.15) is 34.3 Å². The molecule has 0 unspecified atom stereocenters. The van der Waals surface area contributed by atoms with Crippen molar-refractivity contribution in [3.8, 4) is 17.1 Å². The van der Waals surface area contributed by atoms with Gasteiger partial charge in [0.05, 0.1) is 11.3 Å². The lowest BCUT2D eigenvalue weighted by Gasteiger charge is -2.13. The lowest BCUT2D eigenvalue weighted by molar-refractivity contribution is -0.137. The zero-order valence-electron chi connectivity index (χ0n) is 18.4. The predicted octanol–water partition coefficient (Wildman–Crippen LogP) is 5.53. The van der Waals surface area contributed by atoms with E-state index in [9.17, 15) is 18.0 Å². The maximum atomic E-state index is 13.4. The molecule has 2 aromatic carbocycles. The van der Waals surface area contributed by atoms with Gasteiger partial charge in [-0.2, -0.15) is 13.2 Å². The van der Waals surface area contributed by atoms with Crippen LogP contribution in [0.2, 0.25) is 0 Å². The molecule has 5 rings (SSSR count). The summed E-state index contributed by atoms with van der Waals surface area (Å²) in [5.41, 5.74) is 1.79. The summed E-state index contributed by atoms with van der Waals surface area (Å²) in [6, 6.07) is 16.1. The number of nitrogens with zero attached hydrogens (tertiary/aromatic N) is 4. The number of amides is 1. The highest BCUT2D eigenvalue weighted by Crippen LogP contribution is 2.34. The van der Waals surface area contributed by atoms with Crippen molar-refractivity contribution in [2.24, 2.45) is 0 Å². The first-order valence-corrected chi connectivity index (χ1v) is 11.9. The van der Waals surface area contributed by atoms with Crippen LogP contribution in [-0.4, -0.2) is 31.7 Å². The molecule has 2 aromatic heterocycles. The summed E-state index contributed by atoms with van der Waals surface area (Å²) in [4.78, 5) is 16.2. The maximum Gasteiger partial charge on any atom is 0.416 e. The number of hydrogen-bond acceptors (Lipinski definition) is 5. The quantitative estimate of drug-likeness (QED) is 0.341. The maximum absolute atomic E-state index is 13.4. The average Bonchev–Trinajstić information content (AvgIpc) is 3.58. The normalized spacial score (nSPS) is 13.6. The molecule has 0 saturated heterocycles. The van der Waals surface area contributed by atoms with Gasteiger partial charge < -0.3 is 5.32 Å². The molecule has 1 saturated carbocycles. The molecule has 1 aliphatic rings. The summed E-state index contributed by atoms with van der Waals surface area (Å²) in [7, 11) is 0. The van der Waals surface area contributed by atoms with Gasteiger partial charge in [0.2, 0.25) is 0 Å². The van der Waals surface area contributed by atoms with Crippen molar-refractivity contribution in [3.63, 3.8) is 0 Å². The molecular weight excluding hydrogens is 475 g/mol. The highest BCUT2D eigenvalue weighted by atomic mass is 32.2. The van der Waals surface area contributed by atoms with E-state index in [-0.39, 0.29) is 11.9 Å². The number of carbonyl (C=O) groups is 1. The van der Waals surface area contributed by atoms with Gasteiger partial charge in [0.15, 0.2) is 11.0 Å². The molecule has 0 atom stereocenters. The Labute approximate surface area is 203 Å². The first kappa shape index (κ1) is 23.1. The number of rotatable bonds is 7. The predicted molar refractivity (Wildman–Crippen MR) is 126 cm³/mol. The SMILES string of the molecule is O=C(NC1CC1)c1ccc(CSc2nnc(-c3ccncc3)n2-c2cccc(C(F)(F)F)c2)cc1. The Kier molecular flexibility index (Phi) is 6.29. The molecule has 1 fully saturated rings. The third-order valence-electron chi connectivity index (χ3n) is 5.50. The minimum atomic E-state index is -4.47. The number of nitrogens with one attached hydrogen (secondary N) is 1. The smallest absolute Gasteiger partial charge is 0.349 e. The highest BCUT2D eigenvalue weighted by Gasteiger charge is 2.31. The van der Waals surface area contributed by atoms with E-state index in [4.69, 9.17) is 0 Å². The lowest BCUT2D eigenvalue weighted by Crippen LogP contribution is -2.25. The Morgan fingerprint density at radius 1 is 1.03 bits per heavy atom. The van der Waals surface area contributed by atoms with Gasteiger partial charge in [-0.15, -0.1) is 10.2 Å². The fraction of sp³-hybridized carbons (Fsp3) is 0.200. The number of benzene rings is 2. The number of aromatic nitrogens is 4. The largest absolute Gasteiger partial charge is 0.416 e. The Morgan fingerprint density at radius 3 is 2.46 bits per heavy atom. The van der Waals surface area contributed by atoms with Crippen LogP contribution in [0.4, 0.5) is 13.2 Å². The number of alkyl halides is 3. The number of carbonyl (C=O) groups excluding carboxylic acids is 1. The summed E-state index contributed by atoms with van der Waals surface area (Å²) in [5.74, 6) is 0.831. The number of thioether (sulfide) groups is 1. The van der Waals surface area contributed by atoms with Crippen LogP contribution >= 0.6 is 11.8 Å². The Hall–Kier alpha value is -3.66. The van der Waals surface area contributed by atoms with E-state index in [2.05, 4.69) is 20.5 Å². The van der Waals surface area contributed by atoms with Crippen LogP contribution in [0, 0.1) is 0 Å². The molecule has 0 spiro atoms. The van der Waals surface area contributed by atoms with Gasteiger partial charge in [-0.1, -0.05) is 30.0 Å². The van der Waals surface area contributed by atoms with Crippen molar-refractivity contribution in [2.75, 3.05) is 0 Å². The van der Waals surface area contributed by atoms with Crippen LogP contribution in [0.25, 0.3) is 17.1 Å². The summed E-state index contributed by atoms with van der Waals surface area (Å²) < 4.78 is 41.8. The molecule has 0 radical (unpaired) electrons. The average molecular weight is 496 g/mol. The van der Waals surface area contributed by atoms with Crippen LogP contribution in [0.5, 0.6) is 0 Å². The molecule has 1 aliphatic carbocycles. The number of halogens is 3. The van der Waals surface area contributed by atoms with Gasteiger partial charge >= 0.3 is 6.18 Å². The fourth-order valence-electron chi connectivity index (χ4n) is 3.50. The molecule has 0 aliphatic heterocycles. The zero-order chi connectivity index (χ0) is 24.4. The van der Waals surface area contributed by atoms with E-state index >= 15 is 0 Å². The van der Waals surface area contributed by atoms with Crippen LogP contribution in [0.15, 0.2) is 78.2 Å². The summed E-state index contributed by atoms with van der Waals surface area (Å²) >= 11 is 1.35. The van der Waals surface area contributed by atoms with Gasteiger partial charge in [0, 0.05) is 35.3 Å². The molecule has 6 nitrogen and oxygen atoms in total. The Bertz CT molecular complexity index is 1340. The highest BCUT2D eigenvalue weighted by molar-refractivity contribution is 7.98. The van der Waals surface area contributed by atoms with Crippen molar-refractivity contribution in [1.29, 1.82) is 0 Å². The molecule has 10 heteroatoms. The van der Waals surface area contributed by atoms with Gasteiger partial charge in [-0.25, -0.2) is 0 Å². The molecule has 1 amide bonds. The monoisotopic (exact) mass is 495 g/mol. The second-order valence-electron chi connectivity index (χ2n) is 8.16. The second kappa shape index (κ2) is 9.53. The summed E-state index contributed by atoms with van der Waals surface area (Å²) in [6.07, 6.45) is 0.757. The van der Waals surface area contributed by atoms with Gasteiger partial charge in [-0.3, -0.25) is 14.3 Å². The molecule has 178 valence electrons. The first-order valence-electron chi connectivity index (χ1n) is 10.9. The number of hydrogen-bond donors (Lipinski definition) is 1. The fourth-order valence-corrected chi connectivity index (χ4v) is 4.41. The number of pyridine rings is 1. The topological polar surface area (TPSA) is 72.7 Å². The van der Waals surface area contributed by atoms with Crippen LogP contribution in [0.3, 0.4) is 0 Å². The van der Waals surface area contributed by atoms with Gasteiger partial charge in [-0.05, 0) is 60.9 Å². The van der Waals surface area contributed by atoms with Crippen molar-refractivity contribution in [3.05, 3.63) is 89.7 Å². The zero-order valence-corrected chi connectivity index (χ0v) is 19.2. The molecule has 2 heterocycles. The standard InChI is InChI=1S/C25H20F3N5OS/c26-25(27,28)19-2-1-3-21(14-19)33-22(17-10-12-29-13-11-17)31-32-24(33)35-15-16-4-6-18(7-5-16)23(34)30-20-8-9-20/h1-7,10-14,20H,8-9,15H2,(H,30,34). The van der Waals surface area contributed by atoms with E-state index in [1.807, 2.05) is 12.1 Å². The van der Waals surface area contributed by atoms with E-state index in [1.54, 1.807) is 47.3 Å². The van der Waals surface area contributed by atoms with Crippen molar-refractivity contribution in [1.82, 2.24) is 25.1 Å². The molecule has 4 aromatic rings. The minimum absolute atomic E-state index is 0.0852. The molecule has 1 N–H and O–H groups in total. The minimum Gasteiger partial charge on any atom is -0.349 e. The third-order valence-corrected chi connectivity index (χ3v) is 6.50. The van der Waals surface area contributed by atoms with E-state index in [0.29, 0.717) is 33.5 Å². The second-order valence-corrected chi connectivity index (χ2v) is 9.10. The Morgan fingerprint density at radius 2 is 1.77 bits per heavy atom. The van der Waals surface area contributed by atoms with Gasteiger partial charge in [0.1, 0.15) is 0 Å². The first-order chi connectivity index (χ1) is 16.9. The summed E-state index contributed by atoms with van der Waals surface area (Å²) in [6.45, 7) is 0. The van der Waals surface area contributed by atoms with E-state index in [0.717, 1.165) is 30.5 Å². The molecule has 35 heavy (non-hydrogen) atoms. The van der Waals surface area contributed by atoms with E-state index < -0.39 is 11.7 Å². The third kappa shape index (κ3) is 5.37. The van der Waals surface area contributed by atoms with Crippen LogP contribution < -0.4 is 5.32 Å². The molecule has 0 bridgehead atoms. The van der Waals surface area contributed by atoms with E-state index in [1.165, 1.54) is 17.8 Å². The van der Waals surface area contributed by atoms with Crippen molar-refractivity contribution in [2.45, 2.75) is 36.0 Å². The summed E-state index contributed by atoms with van der Waals surface area (Å²) in [5, 5.41) is 11.9. The van der Waals surface area contributed by atoms with Gasteiger partial charge in [0.25, 0.3) is 5.91 Å².